The second-order valence-corrected chi connectivity index (χ2v) is 10.1. The van der Waals surface area contributed by atoms with Crippen molar-refractivity contribution in [2.24, 2.45) is 0 Å². The van der Waals surface area contributed by atoms with Gasteiger partial charge in [-0.3, -0.25) is 14.9 Å². The molecule has 1 aromatic carbocycles. The zero-order valence-electron chi connectivity index (χ0n) is 14.9. The number of halogens is 1. The van der Waals surface area contributed by atoms with Gasteiger partial charge in [0.2, 0.25) is 0 Å². The molecular formula is C16H23FN2O4S2. The molecule has 0 saturated heterocycles. The highest BCUT2D eigenvalue weighted by molar-refractivity contribution is 8.13. The van der Waals surface area contributed by atoms with Crippen LogP contribution >= 0.6 is 11.8 Å². The van der Waals surface area contributed by atoms with Crippen LogP contribution in [0.25, 0.3) is 0 Å². The fourth-order valence-electron chi connectivity index (χ4n) is 2.05. The van der Waals surface area contributed by atoms with E-state index < -0.39 is 32.4 Å². The molecule has 6 nitrogen and oxygen atoms in total. The number of nitro benzene ring substituents is 1. The minimum absolute atomic E-state index is 0.0588. The van der Waals surface area contributed by atoms with E-state index in [2.05, 4.69) is 4.72 Å². The Morgan fingerprint density at radius 3 is 2.44 bits per heavy atom. The SMILES string of the molecule is CC(=O)SCC[C@](C)(N[S@+]([O-])C(C)(C)C)c1cc([N+](=O)[O-])ccc1F. The summed E-state index contributed by atoms with van der Waals surface area (Å²) in [7, 11) is 0. The summed E-state index contributed by atoms with van der Waals surface area (Å²) in [6.07, 6.45) is 0.275. The van der Waals surface area contributed by atoms with Gasteiger partial charge in [-0.05, 0) is 40.2 Å². The number of nitro groups is 1. The van der Waals surface area contributed by atoms with Gasteiger partial charge >= 0.3 is 0 Å². The van der Waals surface area contributed by atoms with Gasteiger partial charge in [0.05, 0.1) is 10.5 Å². The second-order valence-electron chi connectivity index (χ2n) is 6.83. The minimum Gasteiger partial charge on any atom is -0.598 e. The molecule has 0 radical (unpaired) electrons. The monoisotopic (exact) mass is 390 g/mol. The Bertz CT molecular complexity index is 652. The number of rotatable bonds is 7. The lowest BCUT2D eigenvalue weighted by Crippen LogP contribution is -2.50. The molecule has 1 rings (SSSR count). The normalized spacial score (nSPS) is 15.5. The lowest BCUT2D eigenvalue weighted by molar-refractivity contribution is -0.385. The Labute approximate surface area is 154 Å². The van der Waals surface area contributed by atoms with Crippen molar-refractivity contribution in [2.75, 3.05) is 5.75 Å². The van der Waals surface area contributed by atoms with Crippen molar-refractivity contribution < 1.29 is 18.7 Å². The van der Waals surface area contributed by atoms with Crippen LogP contribution in [-0.2, 0) is 21.7 Å². The molecule has 0 spiro atoms. The zero-order valence-corrected chi connectivity index (χ0v) is 16.6. The average molecular weight is 391 g/mol. The summed E-state index contributed by atoms with van der Waals surface area (Å²) in [5.41, 5.74) is -1.31. The molecule has 1 aromatic rings. The van der Waals surface area contributed by atoms with Gasteiger partial charge < -0.3 is 4.55 Å². The molecule has 0 aliphatic heterocycles. The van der Waals surface area contributed by atoms with Gasteiger partial charge in [-0.2, -0.15) is 0 Å². The van der Waals surface area contributed by atoms with Crippen LogP contribution in [0.15, 0.2) is 18.2 Å². The quantitative estimate of drug-likeness (QED) is 0.434. The van der Waals surface area contributed by atoms with Gasteiger partial charge in [0.15, 0.2) is 5.12 Å². The third-order valence-electron chi connectivity index (χ3n) is 3.54. The molecule has 9 heteroatoms. The fraction of sp³-hybridized carbons (Fsp3) is 0.562. The van der Waals surface area contributed by atoms with Gasteiger partial charge in [0.25, 0.3) is 5.69 Å². The molecule has 25 heavy (non-hydrogen) atoms. The van der Waals surface area contributed by atoms with E-state index in [0.717, 1.165) is 30.0 Å². The van der Waals surface area contributed by atoms with Crippen molar-refractivity contribution in [1.29, 1.82) is 0 Å². The van der Waals surface area contributed by atoms with E-state index in [9.17, 15) is 23.9 Å². The second kappa shape index (κ2) is 8.48. The number of hydrogen-bond donors (Lipinski definition) is 1. The molecule has 1 N–H and O–H groups in total. The maximum atomic E-state index is 14.4. The van der Waals surface area contributed by atoms with E-state index in [0.29, 0.717) is 5.75 Å². The first-order chi connectivity index (χ1) is 11.4. The van der Waals surface area contributed by atoms with Crippen molar-refractivity contribution in [3.8, 4) is 0 Å². The van der Waals surface area contributed by atoms with Crippen LogP contribution in [0, 0.1) is 15.9 Å². The highest BCUT2D eigenvalue weighted by Crippen LogP contribution is 2.33. The molecule has 2 atom stereocenters. The summed E-state index contributed by atoms with van der Waals surface area (Å²) in [6.45, 7) is 8.37. The van der Waals surface area contributed by atoms with Crippen molar-refractivity contribution >= 4 is 33.9 Å². The van der Waals surface area contributed by atoms with Crippen molar-refractivity contribution in [1.82, 2.24) is 4.72 Å². The third-order valence-corrected chi connectivity index (χ3v) is 6.10. The molecule has 0 saturated carbocycles. The predicted molar refractivity (Wildman–Crippen MR) is 99.2 cm³/mol. The molecule has 0 bridgehead atoms. The van der Waals surface area contributed by atoms with E-state index in [-0.39, 0.29) is 22.8 Å². The van der Waals surface area contributed by atoms with Gasteiger partial charge in [-0.25, -0.2) is 4.39 Å². The van der Waals surface area contributed by atoms with Crippen LogP contribution in [0.1, 0.15) is 46.6 Å². The highest BCUT2D eigenvalue weighted by Gasteiger charge is 2.39. The molecule has 0 fully saturated rings. The number of carbonyl (C=O) groups is 1. The van der Waals surface area contributed by atoms with Crippen LogP contribution in [0.3, 0.4) is 0 Å². The largest absolute Gasteiger partial charge is 0.598 e. The van der Waals surface area contributed by atoms with Crippen LogP contribution in [0.2, 0.25) is 0 Å². The molecule has 140 valence electrons. The third kappa shape index (κ3) is 6.25. The molecule has 0 aliphatic carbocycles. The molecule has 0 amide bonds. The highest BCUT2D eigenvalue weighted by atomic mass is 32.2. The van der Waals surface area contributed by atoms with Crippen molar-refractivity contribution in [3.05, 3.63) is 39.7 Å². The number of nitrogens with one attached hydrogen (secondary N) is 1. The lowest BCUT2D eigenvalue weighted by atomic mass is 9.89. The van der Waals surface area contributed by atoms with Crippen molar-refractivity contribution in [3.63, 3.8) is 0 Å². The molecular weight excluding hydrogens is 367 g/mol. The molecule has 0 heterocycles. The predicted octanol–water partition coefficient (Wildman–Crippen LogP) is 3.67. The number of benzene rings is 1. The van der Waals surface area contributed by atoms with E-state index in [1.54, 1.807) is 27.7 Å². The first-order valence-corrected chi connectivity index (χ1v) is 9.78. The van der Waals surface area contributed by atoms with E-state index in [1.165, 1.54) is 6.92 Å². The maximum absolute atomic E-state index is 14.4. The van der Waals surface area contributed by atoms with Crippen molar-refractivity contribution in [2.45, 2.75) is 51.3 Å². The van der Waals surface area contributed by atoms with Crippen LogP contribution in [0.4, 0.5) is 10.1 Å². The minimum atomic E-state index is -1.53. The maximum Gasteiger partial charge on any atom is 0.269 e. The first kappa shape index (κ1) is 21.9. The molecule has 0 aliphatic rings. The Morgan fingerprint density at radius 1 is 1.36 bits per heavy atom. The number of carbonyl (C=O) groups excluding carboxylic acids is 1. The first-order valence-electron chi connectivity index (χ1n) is 7.64. The number of hydrogen-bond acceptors (Lipinski definition) is 6. The van der Waals surface area contributed by atoms with Crippen LogP contribution in [0.5, 0.6) is 0 Å². The van der Waals surface area contributed by atoms with Gasteiger partial charge in [0.1, 0.15) is 10.6 Å². The Hall–Kier alpha value is -1.16. The summed E-state index contributed by atoms with van der Waals surface area (Å²) in [6, 6.07) is 3.27. The summed E-state index contributed by atoms with van der Waals surface area (Å²) in [5, 5.41) is 10.9. The van der Waals surface area contributed by atoms with E-state index in [4.69, 9.17) is 0 Å². The van der Waals surface area contributed by atoms with Gasteiger partial charge in [-0.15, -0.1) is 4.72 Å². The summed E-state index contributed by atoms with van der Waals surface area (Å²) < 4.78 is 29.3. The smallest absolute Gasteiger partial charge is 0.269 e. The zero-order chi connectivity index (χ0) is 19.4. The Kier molecular flexibility index (Phi) is 7.42. The summed E-state index contributed by atoms with van der Waals surface area (Å²) in [5.74, 6) is -0.262. The standard InChI is InChI=1S/C16H23FN2O4S2/c1-11(20)24-9-8-16(5,18-25(23)15(2,3)4)13-10-12(19(21)22)6-7-14(13)17/h6-7,10,18H,8-9H2,1-5H3/t16-,25+/m0/s1. The summed E-state index contributed by atoms with van der Waals surface area (Å²) >= 11 is -0.458. The topological polar surface area (TPSA) is 95.3 Å². The Morgan fingerprint density at radius 2 is 1.96 bits per heavy atom. The van der Waals surface area contributed by atoms with E-state index >= 15 is 0 Å². The summed E-state index contributed by atoms with van der Waals surface area (Å²) in [4.78, 5) is 21.6. The number of thioether (sulfide) groups is 1. The average Bonchev–Trinajstić information content (AvgIpc) is 2.45. The van der Waals surface area contributed by atoms with Crippen LogP contribution in [-0.4, -0.2) is 25.1 Å². The molecule has 0 unspecified atom stereocenters. The van der Waals surface area contributed by atoms with Crippen LogP contribution < -0.4 is 4.72 Å². The lowest BCUT2D eigenvalue weighted by Gasteiger charge is -2.35. The van der Waals surface area contributed by atoms with Gasteiger partial charge in [0, 0.05) is 41.7 Å². The molecule has 0 aromatic heterocycles. The van der Waals surface area contributed by atoms with E-state index in [1.807, 2.05) is 0 Å². The fourth-order valence-corrected chi connectivity index (χ4v) is 3.77. The number of nitrogens with zero attached hydrogens (tertiary/aromatic N) is 1. The Balaban J connectivity index is 3.27. The van der Waals surface area contributed by atoms with Gasteiger partial charge in [-0.1, -0.05) is 11.8 Å². The number of non-ortho nitro benzene ring substituents is 1.